The van der Waals surface area contributed by atoms with Crippen molar-refractivity contribution >= 4 is 35.0 Å². The molecule has 0 spiro atoms. The van der Waals surface area contributed by atoms with Gasteiger partial charge in [0.05, 0.1) is 6.10 Å². The van der Waals surface area contributed by atoms with E-state index in [1.807, 2.05) is 12.3 Å². The van der Waals surface area contributed by atoms with Crippen LogP contribution in [-0.4, -0.2) is 23.2 Å². The maximum Gasteiger partial charge on any atom is 0.0589 e. The molecule has 1 atom stereocenters. The van der Waals surface area contributed by atoms with E-state index in [2.05, 4.69) is 0 Å². The molecule has 1 N–H and O–H groups in total. The van der Waals surface area contributed by atoms with Gasteiger partial charge in [0, 0.05) is 10.0 Å². The molecule has 1 unspecified atom stereocenters. The van der Waals surface area contributed by atoms with Gasteiger partial charge in [0.25, 0.3) is 0 Å². The van der Waals surface area contributed by atoms with Crippen molar-refractivity contribution in [2.75, 3.05) is 12.0 Å². The molecule has 4 heteroatoms. The molecule has 0 aliphatic rings. The molecule has 0 bridgehead atoms. The highest BCUT2D eigenvalue weighted by Gasteiger charge is 2.08. The van der Waals surface area contributed by atoms with Gasteiger partial charge in [-0.05, 0) is 48.6 Å². The molecule has 0 heterocycles. The number of benzene rings is 1. The summed E-state index contributed by atoms with van der Waals surface area (Å²) >= 11 is 13.6. The van der Waals surface area contributed by atoms with E-state index in [1.54, 1.807) is 23.9 Å². The molecular formula is C11H14Cl2OS. The first-order valence-corrected chi connectivity index (χ1v) is 6.89. The lowest BCUT2D eigenvalue weighted by Crippen LogP contribution is -2.11. The standard InChI is InChI=1S/C11H14Cl2OS/c1-15-5-4-10(14)7-8-6-9(12)2-3-11(8)13/h2-3,6,10,14H,4-5,7H2,1H3. The third-order valence-corrected chi connectivity index (χ3v) is 3.37. The Morgan fingerprint density at radius 3 is 2.80 bits per heavy atom. The Balaban J connectivity index is 2.59. The van der Waals surface area contributed by atoms with Crippen molar-refractivity contribution < 1.29 is 5.11 Å². The molecule has 0 saturated heterocycles. The van der Waals surface area contributed by atoms with Gasteiger partial charge in [-0.15, -0.1) is 0 Å². The van der Waals surface area contributed by atoms with E-state index in [9.17, 15) is 5.11 Å². The predicted molar refractivity (Wildman–Crippen MR) is 69.2 cm³/mol. The van der Waals surface area contributed by atoms with Crippen molar-refractivity contribution in [2.45, 2.75) is 18.9 Å². The Morgan fingerprint density at radius 1 is 1.40 bits per heavy atom. The molecule has 0 saturated carbocycles. The topological polar surface area (TPSA) is 20.2 Å². The summed E-state index contributed by atoms with van der Waals surface area (Å²) in [6.45, 7) is 0. The number of aliphatic hydroxyl groups is 1. The van der Waals surface area contributed by atoms with E-state index < -0.39 is 0 Å². The number of thioether (sulfide) groups is 1. The summed E-state index contributed by atoms with van der Waals surface area (Å²) < 4.78 is 0. The zero-order valence-electron chi connectivity index (χ0n) is 8.54. The van der Waals surface area contributed by atoms with Crippen LogP contribution in [0.25, 0.3) is 0 Å². The Kier molecular flexibility index (Phi) is 5.83. The minimum absolute atomic E-state index is 0.339. The number of hydrogen-bond acceptors (Lipinski definition) is 2. The van der Waals surface area contributed by atoms with Crippen LogP contribution in [0.2, 0.25) is 10.0 Å². The molecule has 0 aromatic heterocycles. The molecule has 1 aromatic carbocycles. The Morgan fingerprint density at radius 2 is 2.13 bits per heavy atom. The van der Waals surface area contributed by atoms with Crippen molar-refractivity contribution in [3.8, 4) is 0 Å². The lowest BCUT2D eigenvalue weighted by Gasteiger charge is -2.11. The molecule has 0 fully saturated rings. The largest absolute Gasteiger partial charge is 0.393 e. The van der Waals surface area contributed by atoms with Crippen LogP contribution in [-0.2, 0) is 6.42 Å². The summed E-state index contributed by atoms with van der Waals surface area (Å²) in [4.78, 5) is 0. The van der Waals surface area contributed by atoms with Gasteiger partial charge >= 0.3 is 0 Å². The SMILES string of the molecule is CSCCC(O)Cc1cc(Cl)ccc1Cl. The summed E-state index contributed by atoms with van der Waals surface area (Å²) in [5.74, 6) is 0.958. The lowest BCUT2D eigenvalue weighted by atomic mass is 10.1. The number of hydrogen-bond donors (Lipinski definition) is 1. The summed E-state index contributed by atoms with van der Waals surface area (Å²) in [5, 5.41) is 11.1. The normalized spacial score (nSPS) is 12.8. The highest BCUT2D eigenvalue weighted by molar-refractivity contribution is 7.98. The van der Waals surface area contributed by atoms with Crippen molar-refractivity contribution in [3.63, 3.8) is 0 Å². The summed E-state index contributed by atoms with van der Waals surface area (Å²) in [6, 6.07) is 5.33. The molecular weight excluding hydrogens is 251 g/mol. The van der Waals surface area contributed by atoms with Gasteiger partial charge in [-0.1, -0.05) is 23.2 Å². The van der Waals surface area contributed by atoms with Crippen LogP contribution in [0.4, 0.5) is 0 Å². The van der Waals surface area contributed by atoms with Crippen LogP contribution in [0.1, 0.15) is 12.0 Å². The van der Waals surface area contributed by atoms with Crippen LogP contribution >= 0.6 is 35.0 Å². The maximum absolute atomic E-state index is 9.73. The molecule has 1 nitrogen and oxygen atoms in total. The highest BCUT2D eigenvalue weighted by Crippen LogP contribution is 2.22. The van der Waals surface area contributed by atoms with Crippen molar-refractivity contribution in [3.05, 3.63) is 33.8 Å². The van der Waals surface area contributed by atoms with Gasteiger partial charge in [-0.3, -0.25) is 0 Å². The second kappa shape index (κ2) is 6.64. The van der Waals surface area contributed by atoms with E-state index in [4.69, 9.17) is 23.2 Å². The highest BCUT2D eigenvalue weighted by atomic mass is 35.5. The van der Waals surface area contributed by atoms with Gasteiger partial charge in [0.1, 0.15) is 0 Å². The van der Waals surface area contributed by atoms with Crippen molar-refractivity contribution in [2.24, 2.45) is 0 Å². The average Bonchev–Trinajstić information content (AvgIpc) is 2.20. The maximum atomic E-state index is 9.73. The van der Waals surface area contributed by atoms with Gasteiger partial charge < -0.3 is 5.11 Å². The minimum atomic E-state index is -0.339. The van der Waals surface area contributed by atoms with E-state index in [1.165, 1.54) is 0 Å². The predicted octanol–water partition coefficient (Wildman–Crippen LogP) is 3.65. The fourth-order valence-electron chi connectivity index (χ4n) is 1.31. The van der Waals surface area contributed by atoms with Crippen LogP contribution in [0.15, 0.2) is 18.2 Å². The third kappa shape index (κ3) is 4.64. The fourth-order valence-corrected chi connectivity index (χ4v) is 2.21. The van der Waals surface area contributed by atoms with Crippen LogP contribution < -0.4 is 0 Å². The minimum Gasteiger partial charge on any atom is -0.393 e. The van der Waals surface area contributed by atoms with Crippen molar-refractivity contribution in [1.82, 2.24) is 0 Å². The van der Waals surface area contributed by atoms with E-state index in [0.29, 0.717) is 16.5 Å². The number of rotatable bonds is 5. The molecule has 84 valence electrons. The average molecular weight is 265 g/mol. The van der Waals surface area contributed by atoms with Crippen LogP contribution in [0, 0.1) is 0 Å². The Hall–Kier alpha value is 0.110. The van der Waals surface area contributed by atoms with E-state index in [-0.39, 0.29) is 6.10 Å². The zero-order chi connectivity index (χ0) is 11.3. The first kappa shape index (κ1) is 13.2. The Labute approximate surface area is 105 Å². The quantitative estimate of drug-likeness (QED) is 0.876. The summed E-state index contributed by atoms with van der Waals surface area (Å²) in [6.07, 6.45) is 3.04. The first-order valence-electron chi connectivity index (χ1n) is 4.74. The lowest BCUT2D eigenvalue weighted by molar-refractivity contribution is 0.172. The van der Waals surface area contributed by atoms with Gasteiger partial charge in [0.2, 0.25) is 0 Å². The molecule has 0 amide bonds. The van der Waals surface area contributed by atoms with Crippen LogP contribution in [0.3, 0.4) is 0 Å². The first-order chi connectivity index (χ1) is 7.13. The van der Waals surface area contributed by atoms with Gasteiger partial charge in [-0.25, -0.2) is 0 Å². The summed E-state index contributed by atoms with van der Waals surface area (Å²) in [5.41, 5.74) is 0.915. The van der Waals surface area contributed by atoms with Crippen LogP contribution in [0.5, 0.6) is 0 Å². The second-order valence-corrected chi connectivity index (χ2v) is 5.20. The fraction of sp³-hybridized carbons (Fsp3) is 0.455. The number of aliphatic hydroxyl groups excluding tert-OH is 1. The molecule has 1 aromatic rings. The molecule has 0 aliphatic heterocycles. The molecule has 15 heavy (non-hydrogen) atoms. The van der Waals surface area contributed by atoms with E-state index >= 15 is 0 Å². The molecule has 0 radical (unpaired) electrons. The summed E-state index contributed by atoms with van der Waals surface area (Å²) in [7, 11) is 0. The van der Waals surface area contributed by atoms with Gasteiger partial charge in [-0.2, -0.15) is 11.8 Å². The second-order valence-electron chi connectivity index (χ2n) is 3.38. The smallest absolute Gasteiger partial charge is 0.0589 e. The monoisotopic (exact) mass is 264 g/mol. The zero-order valence-corrected chi connectivity index (χ0v) is 10.9. The van der Waals surface area contributed by atoms with Crippen molar-refractivity contribution in [1.29, 1.82) is 0 Å². The molecule has 1 rings (SSSR count). The molecule has 0 aliphatic carbocycles. The van der Waals surface area contributed by atoms with E-state index in [0.717, 1.165) is 17.7 Å². The number of halogens is 2. The Bertz CT molecular complexity index is 317. The third-order valence-electron chi connectivity index (χ3n) is 2.12. The van der Waals surface area contributed by atoms with Gasteiger partial charge in [0.15, 0.2) is 0 Å².